The van der Waals surface area contributed by atoms with E-state index in [0.29, 0.717) is 6.54 Å². The van der Waals surface area contributed by atoms with Gasteiger partial charge in [0.25, 0.3) is 0 Å². The van der Waals surface area contributed by atoms with E-state index in [1.54, 1.807) is 0 Å². The van der Waals surface area contributed by atoms with Gasteiger partial charge in [0.1, 0.15) is 0 Å². The summed E-state index contributed by atoms with van der Waals surface area (Å²) < 4.78 is 0. The molecule has 0 aliphatic carbocycles. The van der Waals surface area contributed by atoms with Gasteiger partial charge in [0, 0.05) is 12.1 Å². The average molecular weight is 212 g/mol. The molecule has 0 heterocycles. The first-order valence-corrected chi connectivity index (χ1v) is 5.74. The molecule has 15 heavy (non-hydrogen) atoms. The predicted molar refractivity (Wildman–Crippen MR) is 64.6 cm³/mol. The lowest BCUT2D eigenvalue weighted by Gasteiger charge is -2.31. The lowest BCUT2D eigenvalue weighted by molar-refractivity contribution is -0.119. The van der Waals surface area contributed by atoms with E-state index in [0.717, 1.165) is 24.8 Å². The van der Waals surface area contributed by atoms with Crippen molar-refractivity contribution in [3.63, 3.8) is 0 Å². The third kappa shape index (κ3) is 4.04. The molecule has 3 nitrogen and oxygen atoms in total. The third-order valence-electron chi connectivity index (χ3n) is 2.99. The van der Waals surface area contributed by atoms with Crippen LogP contribution in [0, 0.1) is 0 Å². The van der Waals surface area contributed by atoms with Crippen LogP contribution < -0.4 is 11.1 Å². The fourth-order valence-electron chi connectivity index (χ4n) is 1.50. The zero-order chi connectivity index (χ0) is 11.9. The van der Waals surface area contributed by atoms with Crippen molar-refractivity contribution in [1.82, 2.24) is 5.32 Å². The van der Waals surface area contributed by atoms with Crippen molar-refractivity contribution >= 4 is 5.91 Å². The second-order valence-corrected chi connectivity index (χ2v) is 3.94. The summed E-state index contributed by atoms with van der Waals surface area (Å²) in [7, 11) is 0. The summed E-state index contributed by atoms with van der Waals surface area (Å²) in [6.45, 7) is 8.45. The quantitative estimate of drug-likeness (QED) is 0.661. The van der Waals surface area contributed by atoms with E-state index in [1.807, 2.05) is 19.9 Å². The van der Waals surface area contributed by atoms with Crippen LogP contribution in [0.15, 0.2) is 11.6 Å². The number of allylic oxidation sites excluding steroid dienone is 1. The molecule has 0 aromatic rings. The van der Waals surface area contributed by atoms with Crippen LogP contribution in [0.2, 0.25) is 0 Å². The van der Waals surface area contributed by atoms with Gasteiger partial charge in [0.15, 0.2) is 0 Å². The first-order chi connectivity index (χ1) is 7.05. The number of rotatable bonds is 6. The van der Waals surface area contributed by atoms with Gasteiger partial charge >= 0.3 is 0 Å². The minimum absolute atomic E-state index is 0.00556. The molecule has 3 N–H and O–H groups in total. The summed E-state index contributed by atoms with van der Waals surface area (Å²) in [6, 6.07) is 0. The number of nitrogens with two attached hydrogens (primary N) is 1. The van der Waals surface area contributed by atoms with Gasteiger partial charge < -0.3 is 11.1 Å². The Balaban J connectivity index is 4.55. The summed E-state index contributed by atoms with van der Waals surface area (Å²) >= 11 is 0. The molecule has 0 fully saturated rings. The highest BCUT2D eigenvalue weighted by atomic mass is 16.1. The average Bonchev–Trinajstić information content (AvgIpc) is 2.26. The molecule has 0 aliphatic rings. The Morgan fingerprint density at radius 2 is 1.87 bits per heavy atom. The van der Waals surface area contributed by atoms with Crippen molar-refractivity contribution in [2.75, 3.05) is 6.54 Å². The van der Waals surface area contributed by atoms with E-state index in [1.165, 1.54) is 0 Å². The number of hydrogen-bond acceptors (Lipinski definition) is 2. The zero-order valence-corrected chi connectivity index (χ0v) is 10.4. The highest BCUT2D eigenvalue weighted by molar-refractivity contribution is 5.93. The number of carbonyl (C=O) groups excluding carboxylic acids is 1. The second kappa shape index (κ2) is 6.62. The fraction of sp³-hybridized carbons (Fsp3) is 0.750. The number of amides is 1. The minimum atomic E-state index is -0.236. The Morgan fingerprint density at radius 1 is 1.33 bits per heavy atom. The minimum Gasteiger partial charge on any atom is -0.346 e. The summed E-state index contributed by atoms with van der Waals surface area (Å²) in [6.07, 6.45) is 4.55. The first kappa shape index (κ1) is 14.2. The molecule has 1 amide bonds. The highest BCUT2D eigenvalue weighted by Crippen LogP contribution is 2.14. The summed E-state index contributed by atoms with van der Waals surface area (Å²) in [4.78, 5) is 11.8. The Bertz CT molecular complexity index is 222. The maximum absolute atomic E-state index is 11.8. The number of carbonyl (C=O) groups is 1. The van der Waals surface area contributed by atoms with Crippen molar-refractivity contribution in [3.8, 4) is 0 Å². The van der Waals surface area contributed by atoms with Crippen LogP contribution in [-0.2, 0) is 4.79 Å². The third-order valence-corrected chi connectivity index (χ3v) is 2.99. The molecule has 3 heteroatoms. The molecule has 0 saturated carbocycles. The van der Waals surface area contributed by atoms with Crippen molar-refractivity contribution in [2.24, 2.45) is 5.73 Å². The van der Waals surface area contributed by atoms with Crippen LogP contribution in [0.1, 0.15) is 47.0 Å². The van der Waals surface area contributed by atoms with Crippen molar-refractivity contribution < 1.29 is 4.79 Å². The van der Waals surface area contributed by atoms with Gasteiger partial charge in [-0.25, -0.2) is 0 Å². The molecule has 0 atom stereocenters. The fourth-order valence-corrected chi connectivity index (χ4v) is 1.50. The van der Waals surface area contributed by atoms with E-state index < -0.39 is 0 Å². The van der Waals surface area contributed by atoms with Gasteiger partial charge in [-0.1, -0.05) is 26.8 Å². The van der Waals surface area contributed by atoms with Crippen LogP contribution in [0.25, 0.3) is 0 Å². The van der Waals surface area contributed by atoms with Crippen LogP contribution in [0.4, 0.5) is 0 Å². The normalized spacial score (nSPS) is 12.7. The Kier molecular flexibility index (Phi) is 6.25. The van der Waals surface area contributed by atoms with Crippen molar-refractivity contribution in [2.45, 2.75) is 52.5 Å². The molecule has 0 rings (SSSR count). The maximum Gasteiger partial charge on any atom is 0.247 e. The van der Waals surface area contributed by atoms with Crippen LogP contribution in [0.3, 0.4) is 0 Å². The molecule has 0 saturated heterocycles. The van der Waals surface area contributed by atoms with Gasteiger partial charge in [-0.15, -0.1) is 0 Å². The van der Waals surface area contributed by atoms with Crippen LogP contribution >= 0.6 is 0 Å². The molecular formula is C12H24N2O. The lowest BCUT2D eigenvalue weighted by atomic mass is 9.92. The van der Waals surface area contributed by atoms with Gasteiger partial charge in [-0.3, -0.25) is 4.79 Å². The van der Waals surface area contributed by atoms with E-state index >= 15 is 0 Å². The van der Waals surface area contributed by atoms with E-state index in [4.69, 9.17) is 5.73 Å². The SMILES string of the molecule is CCC=C(C)C(=O)NC(CC)(CC)CN. The number of nitrogens with one attached hydrogen (secondary N) is 1. The summed E-state index contributed by atoms with van der Waals surface area (Å²) in [5.74, 6) is 0.00556. The first-order valence-electron chi connectivity index (χ1n) is 5.74. The van der Waals surface area contributed by atoms with Gasteiger partial charge in [0.05, 0.1) is 5.54 Å². The van der Waals surface area contributed by atoms with E-state index in [2.05, 4.69) is 19.2 Å². The molecule has 0 spiro atoms. The molecule has 0 bridgehead atoms. The van der Waals surface area contributed by atoms with Crippen LogP contribution in [0.5, 0.6) is 0 Å². The Morgan fingerprint density at radius 3 is 2.20 bits per heavy atom. The molecule has 0 aromatic carbocycles. The summed E-state index contributed by atoms with van der Waals surface area (Å²) in [5, 5.41) is 3.03. The van der Waals surface area contributed by atoms with Crippen LogP contribution in [-0.4, -0.2) is 18.0 Å². The zero-order valence-electron chi connectivity index (χ0n) is 10.4. The molecule has 88 valence electrons. The van der Waals surface area contributed by atoms with Crippen molar-refractivity contribution in [1.29, 1.82) is 0 Å². The summed E-state index contributed by atoms with van der Waals surface area (Å²) in [5.41, 5.74) is 6.26. The molecular weight excluding hydrogens is 188 g/mol. The van der Waals surface area contributed by atoms with E-state index in [9.17, 15) is 4.79 Å². The number of hydrogen-bond donors (Lipinski definition) is 2. The standard InChI is InChI=1S/C12H24N2O/c1-5-8-10(4)11(15)14-12(6-2,7-3)9-13/h8H,5-7,9,13H2,1-4H3,(H,14,15). The lowest BCUT2D eigenvalue weighted by Crippen LogP contribution is -2.53. The predicted octanol–water partition coefficient (Wildman–Crippen LogP) is 1.98. The van der Waals surface area contributed by atoms with Gasteiger partial charge in [-0.2, -0.15) is 0 Å². The van der Waals surface area contributed by atoms with Crippen molar-refractivity contribution in [3.05, 3.63) is 11.6 Å². The topological polar surface area (TPSA) is 55.1 Å². The van der Waals surface area contributed by atoms with E-state index in [-0.39, 0.29) is 11.4 Å². The molecule has 0 aliphatic heterocycles. The molecule has 0 radical (unpaired) electrons. The molecule has 0 unspecified atom stereocenters. The monoisotopic (exact) mass is 212 g/mol. The van der Waals surface area contributed by atoms with Gasteiger partial charge in [-0.05, 0) is 26.2 Å². The second-order valence-electron chi connectivity index (χ2n) is 3.94. The Labute approximate surface area is 93.1 Å². The largest absolute Gasteiger partial charge is 0.346 e. The maximum atomic E-state index is 11.8. The Hall–Kier alpha value is -0.830. The smallest absolute Gasteiger partial charge is 0.247 e. The van der Waals surface area contributed by atoms with Gasteiger partial charge in [0.2, 0.25) is 5.91 Å². The highest BCUT2D eigenvalue weighted by Gasteiger charge is 2.26. The molecule has 0 aromatic heterocycles.